The standard InChI is InChI=1S/C28H38O2/c1-3-5-6-8-11-23-12-14-24(15-13-23)27(29)30-26-18-16-25(17-19-26)28(20-4-2)21-9-7-10-22-28/h12-19H,3-11,20-22H2,1-2H3. The van der Waals surface area contributed by atoms with Gasteiger partial charge >= 0.3 is 5.97 Å². The van der Waals surface area contributed by atoms with E-state index in [2.05, 4.69) is 38.1 Å². The maximum atomic E-state index is 12.6. The highest BCUT2D eigenvalue weighted by Gasteiger charge is 2.32. The van der Waals surface area contributed by atoms with Gasteiger partial charge in [-0.25, -0.2) is 4.79 Å². The Hall–Kier alpha value is -2.09. The Labute approximate surface area is 183 Å². The van der Waals surface area contributed by atoms with Crippen LogP contribution >= 0.6 is 0 Å². The molecular weight excluding hydrogens is 368 g/mol. The molecule has 2 heteroatoms. The van der Waals surface area contributed by atoms with E-state index < -0.39 is 0 Å². The van der Waals surface area contributed by atoms with Crippen LogP contribution < -0.4 is 4.74 Å². The van der Waals surface area contributed by atoms with E-state index in [1.165, 1.54) is 81.8 Å². The molecule has 0 aromatic heterocycles. The Morgan fingerprint density at radius 3 is 2.17 bits per heavy atom. The van der Waals surface area contributed by atoms with Crippen molar-refractivity contribution in [3.8, 4) is 5.75 Å². The Morgan fingerprint density at radius 2 is 1.53 bits per heavy atom. The van der Waals surface area contributed by atoms with Crippen LogP contribution in [0.15, 0.2) is 48.5 Å². The molecule has 0 heterocycles. The van der Waals surface area contributed by atoms with E-state index in [1.807, 2.05) is 24.3 Å². The number of aryl methyl sites for hydroxylation is 1. The molecule has 0 saturated heterocycles. The zero-order valence-corrected chi connectivity index (χ0v) is 18.9. The molecule has 1 fully saturated rings. The van der Waals surface area contributed by atoms with E-state index in [0.717, 1.165) is 6.42 Å². The molecule has 0 N–H and O–H groups in total. The average Bonchev–Trinajstić information content (AvgIpc) is 2.78. The maximum Gasteiger partial charge on any atom is 0.343 e. The van der Waals surface area contributed by atoms with Gasteiger partial charge in [-0.2, -0.15) is 0 Å². The summed E-state index contributed by atoms with van der Waals surface area (Å²) in [5.74, 6) is 0.357. The van der Waals surface area contributed by atoms with Crippen LogP contribution in [0.2, 0.25) is 0 Å². The van der Waals surface area contributed by atoms with Crippen molar-refractivity contribution in [1.29, 1.82) is 0 Å². The van der Waals surface area contributed by atoms with Gasteiger partial charge in [-0.15, -0.1) is 0 Å². The molecule has 0 bridgehead atoms. The van der Waals surface area contributed by atoms with Gasteiger partial charge in [0.05, 0.1) is 5.56 Å². The van der Waals surface area contributed by atoms with Gasteiger partial charge in [0, 0.05) is 0 Å². The summed E-state index contributed by atoms with van der Waals surface area (Å²) in [6.45, 7) is 4.51. The van der Waals surface area contributed by atoms with Gasteiger partial charge in [0.25, 0.3) is 0 Å². The summed E-state index contributed by atoms with van der Waals surface area (Å²) in [6.07, 6.45) is 15.1. The van der Waals surface area contributed by atoms with Crippen molar-refractivity contribution >= 4 is 5.97 Å². The minimum absolute atomic E-state index is 0.277. The summed E-state index contributed by atoms with van der Waals surface area (Å²) >= 11 is 0. The van der Waals surface area contributed by atoms with Crippen LogP contribution in [-0.2, 0) is 11.8 Å². The van der Waals surface area contributed by atoms with Gasteiger partial charge in [0.2, 0.25) is 0 Å². The zero-order valence-electron chi connectivity index (χ0n) is 18.9. The first-order valence-corrected chi connectivity index (χ1v) is 12.1. The number of unbranched alkanes of at least 4 members (excludes halogenated alkanes) is 3. The number of hydrogen-bond donors (Lipinski definition) is 0. The normalized spacial score (nSPS) is 15.7. The van der Waals surface area contributed by atoms with Crippen molar-refractivity contribution in [2.75, 3.05) is 0 Å². The van der Waals surface area contributed by atoms with Crippen LogP contribution in [0.25, 0.3) is 0 Å². The van der Waals surface area contributed by atoms with E-state index in [1.54, 1.807) is 0 Å². The van der Waals surface area contributed by atoms with E-state index in [-0.39, 0.29) is 5.97 Å². The lowest BCUT2D eigenvalue weighted by atomic mass is 9.67. The number of hydrogen-bond acceptors (Lipinski definition) is 2. The molecule has 0 radical (unpaired) electrons. The van der Waals surface area contributed by atoms with Crippen molar-refractivity contribution in [2.45, 2.75) is 96.3 Å². The molecule has 1 aliphatic carbocycles. The average molecular weight is 407 g/mol. The predicted molar refractivity (Wildman–Crippen MR) is 125 cm³/mol. The molecule has 2 aromatic carbocycles. The van der Waals surface area contributed by atoms with E-state index in [4.69, 9.17) is 4.74 Å². The topological polar surface area (TPSA) is 26.3 Å². The lowest BCUT2D eigenvalue weighted by Crippen LogP contribution is -2.28. The molecule has 0 spiro atoms. The second kappa shape index (κ2) is 11.3. The lowest BCUT2D eigenvalue weighted by molar-refractivity contribution is 0.0734. The minimum atomic E-state index is -0.277. The van der Waals surface area contributed by atoms with Gasteiger partial charge in [0.1, 0.15) is 5.75 Å². The number of carbonyl (C=O) groups is 1. The zero-order chi connectivity index (χ0) is 21.2. The number of esters is 1. The van der Waals surface area contributed by atoms with Gasteiger partial charge < -0.3 is 4.74 Å². The second-order valence-electron chi connectivity index (χ2n) is 9.01. The van der Waals surface area contributed by atoms with E-state index in [0.29, 0.717) is 16.7 Å². The third-order valence-corrected chi connectivity index (χ3v) is 6.73. The fourth-order valence-corrected chi connectivity index (χ4v) is 5.00. The van der Waals surface area contributed by atoms with E-state index >= 15 is 0 Å². The SMILES string of the molecule is CCCCCCc1ccc(C(=O)Oc2ccc(C3(CCC)CCCCC3)cc2)cc1. The Bertz CT molecular complexity index is 762. The highest BCUT2D eigenvalue weighted by Crippen LogP contribution is 2.43. The molecule has 2 nitrogen and oxygen atoms in total. The van der Waals surface area contributed by atoms with Crippen molar-refractivity contribution in [3.05, 3.63) is 65.2 Å². The van der Waals surface area contributed by atoms with Crippen LogP contribution in [0.4, 0.5) is 0 Å². The van der Waals surface area contributed by atoms with Gasteiger partial charge in [-0.05, 0) is 72.9 Å². The van der Waals surface area contributed by atoms with Crippen molar-refractivity contribution in [2.24, 2.45) is 0 Å². The first-order valence-electron chi connectivity index (χ1n) is 12.1. The van der Waals surface area contributed by atoms with E-state index in [9.17, 15) is 4.79 Å². The Morgan fingerprint density at radius 1 is 0.833 bits per heavy atom. The highest BCUT2D eigenvalue weighted by molar-refractivity contribution is 5.91. The highest BCUT2D eigenvalue weighted by atomic mass is 16.5. The molecular formula is C28H38O2. The molecule has 162 valence electrons. The number of carbonyl (C=O) groups excluding carboxylic acids is 1. The maximum absolute atomic E-state index is 12.6. The molecule has 0 aliphatic heterocycles. The monoisotopic (exact) mass is 406 g/mol. The van der Waals surface area contributed by atoms with Crippen molar-refractivity contribution in [3.63, 3.8) is 0 Å². The van der Waals surface area contributed by atoms with Gasteiger partial charge in [-0.3, -0.25) is 0 Å². The second-order valence-corrected chi connectivity index (χ2v) is 9.01. The molecule has 0 unspecified atom stereocenters. The quantitative estimate of drug-likeness (QED) is 0.227. The summed E-state index contributed by atoms with van der Waals surface area (Å²) in [7, 11) is 0. The number of ether oxygens (including phenoxy) is 1. The summed E-state index contributed by atoms with van der Waals surface area (Å²) in [5, 5.41) is 0. The number of benzene rings is 2. The molecule has 1 aliphatic rings. The summed E-state index contributed by atoms with van der Waals surface area (Å²) < 4.78 is 5.65. The van der Waals surface area contributed by atoms with Crippen LogP contribution in [0, 0.1) is 0 Å². The molecule has 30 heavy (non-hydrogen) atoms. The van der Waals surface area contributed by atoms with Crippen LogP contribution in [0.3, 0.4) is 0 Å². The first-order chi connectivity index (χ1) is 14.7. The molecule has 3 rings (SSSR count). The van der Waals surface area contributed by atoms with Crippen LogP contribution in [0.1, 0.15) is 106 Å². The largest absolute Gasteiger partial charge is 0.423 e. The number of rotatable bonds is 10. The predicted octanol–water partition coefficient (Wildman–Crippen LogP) is 8.03. The van der Waals surface area contributed by atoms with Crippen LogP contribution in [-0.4, -0.2) is 5.97 Å². The third-order valence-electron chi connectivity index (χ3n) is 6.73. The lowest BCUT2D eigenvalue weighted by Gasteiger charge is -2.38. The fraction of sp³-hybridized carbons (Fsp3) is 0.536. The Kier molecular flexibility index (Phi) is 8.54. The summed E-state index contributed by atoms with van der Waals surface area (Å²) in [5.41, 5.74) is 3.64. The molecule has 1 saturated carbocycles. The molecule has 0 amide bonds. The fourth-order valence-electron chi connectivity index (χ4n) is 5.00. The summed E-state index contributed by atoms with van der Waals surface area (Å²) in [6, 6.07) is 16.2. The third kappa shape index (κ3) is 5.97. The van der Waals surface area contributed by atoms with Crippen molar-refractivity contribution in [1.82, 2.24) is 0 Å². The van der Waals surface area contributed by atoms with Crippen molar-refractivity contribution < 1.29 is 9.53 Å². The minimum Gasteiger partial charge on any atom is -0.423 e. The first kappa shape index (κ1) is 22.6. The molecule has 0 atom stereocenters. The van der Waals surface area contributed by atoms with Gasteiger partial charge in [-0.1, -0.05) is 83.1 Å². The van der Waals surface area contributed by atoms with Gasteiger partial charge in [0.15, 0.2) is 0 Å². The Balaban J connectivity index is 1.59. The van der Waals surface area contributed by atoms with Crippen LogP contribution in [0.5, 0.6) is 5.75 Å². The smallest absolute Gasteiger partial charge is 0.343 e. The molecule has 2 aromatic rings. The summed E-state index contributed by atoms with van der Waals surface area (Å²) in [4.78, 5) is 12.6.